The van der Waals surface area contributed by atoms with Crippen LogP contribution in [0.15, 0.2) is 60.7 Å². The van der Waals surface area contributed by atoms with Crippen molar-refractivity contribution < 1.29 is 19.1 Å². The zero-order valence-electron chi connectivity index (χ0n) is 16.0. The van der Waals surface area contributed by atoms with Gasteiger partial charge in [0.1, 0.15) is 11.6 Å². The summed E-state index contributed by atoms with van der Waals surface area (Å²) in [4.78, 5) is 23.8. The molecule has 0 saturated heterocycles. The van der Waals surface area contributed by atoms with Gasteiger partial charge in [0, 0.05) is 17.8 Å². The SMILES string of the molecule is COC(=O)c1ccc(NC(=O)c2ccc(NCc3ccccc3OC)nn2)cc1. The molecule has 2 N–H and O–H groups in total. The Morgan fingerprint density at radius 1 is 0.931 bits per heavy atom. The average Bonchev–Trinajstić information content (AvgIpc) is 2.78. The molecule has 3 aromatic rings. The van der Waals surface area contributed by atoms with Crippen LogP contribution in [-0.4, -0.2) is 36.3 Å². The van der Waals surface area contributed by atoms with E-state index in [0.717, 1.165) is 11.3 Å². The minimum Gasteiger partial charge on any atom is -0.496 e. The lowest BCUT2D eigenvalue weighted by atomic mass is 10.2. The molecule has 0 saturated carbocycles. The fourth-order valence-corrected chi connectivity index (χ4v) is 2.59. The van der Waals surface area contributed by atoms with Gasteiger partial charge < -0.3 is 20.1 Å². The molecular formula is C21H20N4O4. The molecule has 8 heteroatoms. The Balaban J connectivity index is 1.59. The van der Waals surface area contributed by atoms with Crippen molar-refractivity contribution in [1.82, 2.24) is 10.2 Å². The number of carbonyl (C=O) groups is 2. The maximum atomic E-state index is 12.3. The number of para-hydroxylation sites is 1. The highest BCUT2D eigenvalue weighted by Crippen LogP contribution is 2.18. The molecule has 29 heavy (non-hydrogen) atoms. The molecular weight excluding hydrogens is 372 g/mol. The first-order valence-electron chi connectivity index (χ1n) is 8.80. The standard InChI is InChI=1S/C21H20N4O4/c1-28-18-6-4-3-5-15(18)13-22-19-12-11-17(24-25-19)20(26)23-16-9-7-14(8-10-16)21(27)29-2/h3-12H,13H2,1-2H3,(H,22,25)(H,23,26). The van der Waals surface area contributed by atoms with E-state index in [9.17, 15) is 9.59 Å². The van der Waals surface area contributed by atoms with Gasteiger partial charge in [0.2, 0.25) is 0 Å². The Morgan fingerprint density at radius 3 is 2.34 bits per heavy atom. The molecule has 1 amide bonds. The summed E-state index contributed by atoms with van der Waals surface area (Å²) in [6.07, 6.45) is 0. The van der Waals surface area contributed by atoms with Gasteiger partial charge in [-0.3, -0.25) is 4.79 Å². The van der Waals surface area contributed by atoms with Gasteiger partial charge in [0.05, 0.1) is 19.8 Å². The molecule has 0 fully saturated rings. The molecule has 0 aliphatic carbocycles. The van der Waals surface area contributed by atoms with E-state index in [1.54, 1.807) is 43.5 Å². The Bertz CT molecular complexity index is 988. The molecule has 0 aliphatic heterocycles. The average molecular weight is 392 g/mol. The van der Waals surface area contributed by atoms with Crippen molar-refractivity contribution in [3.63, 3.8) is 0 Å². The van der Waals surface area contributed by atoms with Gasteiger partial charge in [-0.25, -0.2) is 4.79 Å². The van der Waals surface area contributed by atoms with Gasteiger partial charge in [-0.1, -0.05) is 18.2 Å². The lowest BCUT2D eigenvalue weighted by Crippen LogP contribution is -2.15. The first-order chi connectivity index (χ1) is 14.1. The summed E-state index contributed by atoms with van der Waals surface area (Å²) < 4.78 is 9.95. The largest absolute Gasteiger partial charge is 0.496 e. The third-order valence-electron chi connectivity index (χ3n) is 4.11. The Hall–Kier alpha value is -3.94. The lowest BCUT2D eigenvalue weighted by molar-refractivity contribution is 0.0600. The van der Waals surface area contributed by atoms with Crippen molar-refractivity contribution in [2.75, 3.05) is 24.9 Å². The maximum absolute atomic E-state index is 12.3. The van der Waals surface area contributed by atoms with E-state index in [1.807, 2.05) is 24.3 Å². The molecule has 148 valence electrons. The predicted octanol–water partition coefficient (Wildman–Crippen LogP) is 3.14. The Kier molecular flexibility index (Phi) is 6.36. The number of aromatic nitrogens is 2. The van der Waals surface area contributed by atoms with Crippen LogP contribution >= 0.6 is 0 Å². The van der Waals surface area contributed by atoms with E-state index < -0.39 is 11.9 Å². The molecule has 8 nitrogen and oxygen atoms in total. The second-order valence-electron chi connectivity index (χ2n) is 5.99. The van der Waals surface area contributed by atoms with Crippen molar-refractivity contribution in [2.45, 2.75) is 6.54 Å². The molecule has 0 radical (unpaired) electrons. The summed E-state index contributed by atoms with van der Waals surface area (Å²) in [6, 6.07) is 17.3. The number of carbonyl (C=O) groups excluding carboxylic acids is 2. The number of anilines is 2. The van der Waals surface area contributed by atoms with Gasteiger partial charge in [-0.2, -0.15) is 0 Å². The number of ether oxygens (including phenoxy) is 2. The zero-order chi connectivity index (χ0) is 20.6. The Labute approximate surface area is 167 Å². The van der Waals surface area contributed by atoms with E-state index in [2.05, 4.69) is 25.6 Å². The maximum Gasteiger partial charge on any atom is 0.337 e. The normalized spacial score (nSPS) is 10.1. The number of hydrogen-bond acceptors (Lipinski definition) is 7. The summed E-state index contributed by atoms with van der Waals surface area (Å²) in [5.74, 6) is 0.474. The monoisotopic (exact) mass is 392 g/mol. The Morgan fingerprint density at radius 2 is 1.69 bits per heavy atom. The number of rotatable bonds is 7. The van der Waals surface area contributed by atoms with Crippen molar-refractivity contribution >= 4 is 23.4 Å². The van der Waals surface area contributed by atoms with Crippen LogP contribution in [0.25, 0.3) is 0 Å². The highest BCUT2D eigenvalue weighted by Gasteiger charge is 2.10. The molecule has 0 spiro atoms. The molecule has 0 bridgehead atoms. The van der Waals surface area contributed by atoms with Gasteiger partial charge in [0.25, 0.3) is 5.91 Å². The molecule has 0 unspecified atom stereocenters. The number of amides is 1. The fraction of sp³-hybridized carbons (Fsp3) is 0.143. The van der Waals surface area contributed by atoms with Crippen LogP contribution in [0.1, 0.15) is 26.4 Å². The fourth-order valence-electron chi connectivity index (χ4n) is 2.59. The van der Waals surface area contributed by atoms with Crippen LogP contribution in [0.3, 0.4) is 0 Å². The van der Waals surface area contributed by atoms with Crippen LogP contribution in [0.2, 0.25) is 0 Å². The third-order valence-corrected chi connectivity index (χ3v) is 4.11. The van der Waals surface area contributed by atoms with Crippen LogP contribution in [0.5, 0.6) is 5.75 Å². The smallest absolute Gasteiger partial charge is 0.337 e. The molecule has 1 heterocycles. The van der Waals surface area contributed by atoms with Gasteiger partial charge in [-0.15, -0.1) is 10.2 Å². The highest BCUT2D eigenvalue weighted by molar-refractivity contribution is 6.03. The molecule has 2 aromatic carbocycles. The summed E-state index contributed by atoms with van der Waals surface area (Å²) in [7, 11) is 2.93. The van der Waals surface area contributed by atoms with Crippen LogP contribution in [-0.2, 0) is 11.3 Å². The minimum absolute atomic E-state index is 0.171. The second-order valence-corrected chi connectivity index (χ2v) is 5.99. The lowest BCUT2D eigenvalue weighted by Gasteiger charge is -2.10. The summed E-state index contributed by atoms with van der Waals surface area (Å²) in [5, 5.41) is 13.8. The van der Waals surface area contributed by atoms with Crippen LogP contribution in [0.4, 0.5) is 11.5 Å². The minimum atomic E-state index is -0.440. The van der Waals surface area contributed by atoms with Crippen LogP contribution in [0, 0.1) is 0 Å². The van der Waals surface area contributed by atoms with Crippen molar-refractivity contribution in [1.29, 1.82) is 0 Å². The van der Waals surface area contributed by atoms with Crippen LogP contribution < -0.4 is 15.4 Å². The van der Waals surface area contributed by atoms with E-state index in [4.69, 9.17) is 4.74 Å². The molecule has 3 rings (SSSR count). The van der Waals surface area contributed by atoms with E-state index >= 15 is 0 Å². The number of benzene rings is 2. The molecule has 1 aromatic heterocycles. The van der Waals surface area contributed by atoms with Gasteiger partial charge in [-0.05, 0) is 42.5 Å². The number of hydrogen-bond donors (Lipinski definition) is 2. The summed E-state index contributed by atoms with van der Waals surface area (Å²) in [5.41, 5.74) is 2.08. The number of methoxy groups -OCH3 is 2. The molecule has 0 atom stereocenters. The number of nitrogens with one attached hydrogen (secondary N) is 2. The highest BCUT2D eigenvalue weighted by atomic mass is 16.5. The van der Waals surface area contributed by atoms with Gasteiger partial charge >= 0.3 is 5.97 Å². The quantitative estimate of drug-likeness (QED) is 0.596. The summed E-state index contributed by atoms with van der Waals surface area (Å²) >= 11 is 0. The van der Waals surface area contributed by atoms with Crippen molar-refractivity contribution in [2.24, 2.45) is 0 Å². The van der Waals surface area contributed by atoms with E-state index in [1.165, 1.54) is 7.11 Å². The molecule has 0 aliphatic rings. The van der Waals surface area contributed by atoms with E-state index in [0.29, 0.717) is 23.6 Å². The second kappa shape index (κ2) is 9.32. The van der Waals surface area contributed by atoms with Gasteiger partial charge in [0.15, 0.2) is 5.69 Å². The number of nitrogens with zero attached hydrogens (tertiary/aromatic N) is 2. The van der Waals surface area contributed by atoms with Crippen molar-refractivity contribution in [3.05, 3.63) is 77.5 Å². The topological polar surface area (TPSA) is 102 Å². The zero-order valence-corrected chi connectivity index (χ0v) is 16.0. The summed E-state index contributed by atoms with van der Waals surface area (Å²) in [6.45, 7) is 0.511. The predicted molar refractivity (Wildman–Crippen MR) is 108 cm³/mol. The number of esters is 1. The third kappa shape index (κ3) is 5.07. The van der Waals surface area contributed by atoms with E-state index in [-0.39, 0.29) is 5.69 Å². The first-order valence-corrected chi connectivity index (χ1v) is 8.80. The van der Waals surface area contributed by atoms with Crippen molar-refractivity contribution in [3.8, 4) is 5.75 Å². The first kappa shape index (κ1) is 19.8.